The van der Waals surface area contributed by atoms with Crippen molar-refractivity contribution < 1.29 is 24.5 Å². The first-order valence-corrected chi connectivity index (χ1v) is 5.01. The Bertz CT molecular complexity index is 388. The zero-order valence-electron chi connectivity index (χ0n) is 9.20. The van der Waals surface area contributed by atoms with Crippen molar-refractivity contribution in [2.24, 2.45) is 0 Å². The van der Waals surface area contributed by atoms with Crippen LogP contribution in [-0.4, -0.2) is 35.5 Å². The number of hydrogen-bond donors (Lipinski definition) is 2. The number of rotatable bonds is 6. The molecular weight excluding hydrogens is 224 g/mol. The average Bonchev–Trinajstić information content (AvgIpc) is 2.35. The molecule has 2 N–H and O–H groups in total. The van der Waals surface area contributed by atoms with E-state index in [0.29, 0.717) is 0 Å². The van der Waals surface area contributed by atoms with E-state index in [0.717, 1.165) is 6.08 Å². The Hall–Kier alpha value is -2.01. The van der Waals surface area contributed by atoms with Crippen LogP contribution in [0.1, 0.15) is 0 Å². The van der Waals surface area contributed by atoms with E-state index in [-0.39, 0.29) is 24.7 Å². The number of phenolic OH excluding ortho intramolecular Hbond substituents is 1. The van der Waals surface area contributed by atoms with Gasteiger partial charge in [0.05, 0.1) is 0 Å². The summed E-state index contributed by atoms with van der Waals surface area (Å²) in [5.74, 6) is -0.351. The van der Waals surface area contributed by atoms with E-state index < -0.39 is 12.1 Å². The van der Waals surface area contributed by atoms with Crippen molar-refractivity contribution in [1.82, 2.24) is 0 Å². The Balaban J connectivity index is 2.33. The van der Waals surface area contributed by atoms with Gasteiger partial charge in [-0.15, -0.1) is 0 Å². The van der Waals surface area contributed by atoms with Crippen molar-refractivity contribution in [2.75, 3.05) is 13.2 Å². The number of carbonyl (C=O) groups excluding carboxylic acids is 1. The standard InChI is InChI=1S/C12H14O5/c1-2-12(15)17-8-9(13)7-16-11-6-4-3-5-10(11)14/h2-6,9,13-14H,1,7-8H2. The lowest BCUT2D eigenvalue weighted by atomic mass is 10.3. The van der Waals surface area contributed by atoms with Crippen LogP contribution in [0.25, 0.3) is 0 Å². The van der Waals surface area contributed by atoms with Crippen LogP contribution in [0.15, 0.2) is 36.9 Å². The zero-order chi connectivity index (χ0) is 12.7. The lowest BCUT2D eigenvalue weighted by Gasteiger charge is -2.12. The summed E-state index contributed by atoms with van der Waals surface area (Å²) >= 11 is 0. The molecule has 5 heteroatoms. The van der Waals surface area contributed by atoms with E-state index in [2.05, 4.69) is 11.3 Å². The third-order valence-electron chi connectivity index (χ3n) is 1.88. The second-order valence-corrected chi connectivity index (χ2v) is 3.27. The first kappa shape index (κ1) is 13.1. The number of phenols is 1. The fourth-order valence-corrected chi connectivity index (χ4v) is 1.05. The fourth-order valence-electron chi connectivity index (χ4n) is 1.05. The number of aromatic hydroxyl groups is 1. The van der Waals surface area contributed by atoms with Crippen molar-refractivity contribution in [3.63, 3.8) is 0 Å². The molecule has 0 aromatic heterocycles. The maximum Gasteiger partial charge on any atom is 0.330 e. The average molecular weight is 238 g/mol. The van der Waals surface area contributed by atoms with Gasteiger partial charge in [-0.25, -0.2) is 4.79 Å². The van der Waals surface area contributed by atoms with Crippen molar-refractivity contribution >= 4 is 5.97 Å². The van der Waals surface area contributed by atoms with Gasteiger partial charge in [0.1, 0.15) is 19.3 Å². The maximum atomic E-state index is 10.7. The Morgan fingerprint density at radius 3 is 2.76 bits per heavy atom. The second kappa shape index (κ2) is 6.55. The minimum Gasteiger partial charge on any atom is -0.504 e. The highest BCUT2D eigenvalue weighted by Crippen LogP contribution is 2.24. The quantitative estimate of drug-likeness (QED) is 0.568. The molecule has 0 amide bonds. The van der Waals surface area contributed by atoms with Crippen LogP contribution in [0.2, 0.25) is 0 Å². The number of para-hydroxylation sites is 2. The largest absolute Gasteiger partial charge is 0.504 e. The SMILES string of the molecule is C=CC(=O)OCC(O)COc1ccccc1O. The number of hydrogen-bond acceptors (Lipinski definition) is 5. The summed E-state index contributed by atoms with van der Waals surface area (Å²) < 4.78 is 9.77. The molecule has 0 spiro atoms. The maximum absolute atomic E-state index is 10.7. The highest BCUT2D eigenvalue weighted by atomic mass is 16.5. The summed E-state index contributed by atoms with van der Waals surface area (Å²) in [4.78, 5) is 10.7. The molecule has 0 saturated heterocycles. The first-order valence-electron chi connectivity index (χ1n) is 5.01. The normalized spacial score (nSPS) is 11.6. The van der Waals surface area contributed by atoms with Crippen molar-refractivity contribution in [2.45, 2.75) is 6.10 Å². The van der Waals surface area contributed by atoms with E-state index in [1.165, 1.54) is 6.07 Å². The molecule has 1 aromatic rings. The molecule has 17 heavy (non-hydrogen) atoms. The molecule has 1 unspecified atom stereocenters. The van der Waals surface area contributed by atoms with Crippen LogP contribution in [-0.2, 0) is 9.53 Å². The summed E-state index contributed by atoms with van der Waals surface area (Å²) in [7, 11) is 0. The van der Waals surface area contributed by atoms with Gasteiger partial charge in [-0.3, -0.25) is 0 Å². The third-order valence-corrected chi connectivity index (χ3v) is 1.88. The van der Waals surface area contributed by atoms with Crippen molar-refractivity contribution in [3.05, 3.63) is 36.9 Å². The lowest BCUT2D eigenvalue weighted by molar-refractivity contribution is -0.141. The molecule has 0 aliphatic rings. The van der Waals surface area contributed by atoms with Gasteiger partial charge in [-0.2, -0.15) is 0 Å². The van der Waals surface area contributed by atoms with Gasteiger partial charge < -0.3 is 19.7 Å². The Kier molecular flexibility index (Phi) is 5.03. The lowest BCUT2D eigenvalue weighted by Crippen LogP contribution is -2.24. The molecule has 0 saturated carbocycles. The van der Waals surface area contributed by atoms with Gasteiger partial charge in [0, 0.05) is 6.08 Å². The summed E-state index contributed by atoms with van der Waals surface area (Å²) in [6.45, 7) is 2.96. The smallest absolute Gasteiger partial charge is 0.330 e. The molecule has 0 fully saturated rings. The number of aliphatic hydroxyl groups excluding tert-OH is 1. The molecule has 5 nitrogen and oxygen atoms in total. The molecule has 1 aromatic carbocycles. The van der Waals surface area contributed by atoms with Crippen LogP contribution >= 0.6 is 0 Å². The predicted molar refractivity (Wildman–Crippen MR) is 60.8 cm³/mol. The Morgan fingerprint density at radius 1 is 1.41 bits per heavy atom. The molecule has 0 bridgehead atoms. The first-order chi connectivity index (χ1) is 8.13. The topological polar surface area (TPSA) is 76.0 Å². The Morgan fingerprint density at radius 2 is 2.12 bits per heavy atom. The van der Waals surface area contributed by atoms with E-state index in [9.17, 15) is 15.0 Å². The summed E-state index contributed by atoms with van der Waals surface area (Å²) in [6, 6.07) is 6.39. The van der Waals surface area contributed by atoms with E-state index in [4.69, 9.17) is 4.74 Å². The highest BCUT2D eigenvalue weighted by molar-refractivity contribution is 5.81. The summed E-state index contributed by atoms with van der Waals surface area (Å²) in [6.07, 6.45) is 0.0508. The monoisotopic (exact) mass is 238 g/mol. The minimum atomic E-state index is -0.960. The van der Waals surface area contributed by atoms with Crippen LogP contribution in [0.4, 0.5) is 0 Å². The van der Waals surface area contributed by atoms with Crippen molar-refractivity contribution in [3.8, 4) is 11.5 Å². The number of esters is 1. The molecule has 0 heterocycles. The van der Waals surface area contributed by atoms with Gasteiger partial charge in [-0.05, 0) is 12.1 Å². The van der Waals surface area contributed by atoms with Gasteiger partial charge in [0.2, 0.25) is 0 Å². The Labute approximate surface area is 98.9 Å². The second-order valence-electron chi connectivity index (χ2n) is 3.27. The summed E-state index contributed by atoms with van der Waals surface area (Å²) in [5.41, 5.74) is 0. The number of carbonyl (C=O) groups is 1. The van der Waals surface area contributed by atoms with E-state index in [1.807, 2.05) is 0 Å². The molecule has 1 rings (SSSR count). The van der Waals surface area contributed by atoms with Gasteiger partial charge in [0.15, 0.2) is 11.5 Å². The minimum absolute atomic E-state index is 0.0113. The van der Waals surface area contributed by atoms with Crippen LogP contribution in [0.5, 0.6) is 11.5 Å². The molecular formula is C12H14O5. The van der Waals surface area contributed by atoms with Gasteiger partial charge in [-0.1, -0.05) is 18.7 Å². The van der Waals surface area contributed by atoms with E-state index in [1.54, 1.807) is 18.2 Å². The molecule has 0 radical (unpaired) electrons. The summed E-state index contributed by atoms with van der Waals surface area (Å²) in [5, 5.41) is 18.8. The molecule has 0 aliphatic heterocycles. The fraction of sp³-hybridized carbons (Fsp3) is 0.250. The van der Waals surface area contributed by atoms with Crippen LogP contribution in [0.3, 0.4) is 0 Å². The van der Waals surface area contributed by atoms with Crippen LogP contribution < -0.4 is 4.74 Å². The molecule has 0 aliphatic carbocycles. The molecule has 1 atom stereocenters. The number of aliphatic hydroxyl groups is 1. The highest BCUT2D eigenvalue weighted by Gasteiger charge is 2.09. The van der Waals surface area contributed by atoms with Gasteiger partial charge in [0.25, 0.3) is 0 Å². The number of benzene rings is 1. The zero-order valence-corrected chi connectivity index (χ0v) is 9.20. The van der Waals surface area contributed by atoms with Gasteiger partial charge >= 0.3 is 5.97 Å². The molecule has 92 valence electrons. The number of ether oxygens (including phenoxy) is 2. The van der Waals surface area contributed by atoms with E-state index >= 15 is 0 Å². The third kappa shape index (κ3) is 4.56. The predicted octanol–water partition coefficient (Wildman–Crippen LogP) is 0.861. The van der Waals surface area contributed by atoms with Crippen LogP contribution in [0, 0.1) is 0 Å². The van der Waals surface area contributed by atoms with Crippen molar-refractivity contribution in [1.29, 1.82) is 0 Å².